The van der Waals surface area contributed by atoms with Gasteiger partial charge in [0, 0.05) is 18.9 Å². The number of hydrogen-bond acceptors (Lipinski definition) is 4. The number of nitrogens with one attached hydrogen (secondary N) is 1. The lowest BCUT2D eigenvalue weighted by Gasteiger charge is -2.05. The van der Waals surface area contributed by atoms with Gasteiger partial charge in [-0.15, -0.1) is 0 Å². The maximum absolute atomic E-state index is 5.52. The molecule has 0 amide bonds. The minimum Gasteiger partial charge on any atom is -0.438 e. The lowest BCUT2D eigenvalue weighted by Crippen LogP contribution is -2.04. The monoisotopic (exact) mass is 215 g/mol. The molecular weight excluding hydrogens is 202 g/mol. The van der Waals surface area contributed by atoms with E-state index in [1.807, 2.05) is 31.3 Å². The fourth-order valence-corrected chi connectivity index (χ4v) is 1.34. The Hall–Kier alpha value is -1.94. The molecule has 1 N–H and O–H groups in total. The smallest absolute Gasteiger partial charge is 0.237 e. The summed E-state index contributed by atoms with van der Waals surface area (Å²) < 4.78 is 5.52. The van der Waals surface area contributed by atoms with Gasteiger partial charge in [-0.25, -0.2) is 4.98 Å². The molecule has 2 rings (SSSR count). The van der Waals surface area contributed by atoms with E-state index in [0.29, 0.717) is 5.88 Å². The van der Waals surface area contributed by atoms with Crippen LogP contribution < -0.4 is 10.1 Å². The summed E-state index contributed by atoms with van der Waals surface area (Å²) in [6, 6.07) is 7.87. The average Bonchev–Trinajstić information content (AvgIpc) is 2.33. The van der Waals surface area contributed by atoms with Crippen molar-refractivity contribution < 1.29 is 4.74 Å². The highest BCUT2D eigenvalue weighted by Gasteiger charge is 1.97. The molecule has 0 unspecified atom stereocenters. The van der Waals surface area contributed by atoms with Crippen LogP contribution in [0.3, 0.4) is 0 Å². The number of benzene rings is 1. The molecule has 2 aromatic rings. The predicted octanol–water partition coefficient (Wildman–Crippen LogP) is 1.99. The largest absolute Gasteiger partial charge is 0.438 e. The molecule has 1 aromatic heterocycles. The van der Waals surface area contributed by atoms with Crippen LogP contribution in [0.4, 0.5) is 0 Å². The van der Waals surface area contributed by atoms with E-state index in [4.69, 9.17) is 4.74 Å². The predicted molar refractivity (Wildman–Crippen MR) is 61.3 cm³/mol. The van der Waals surface area contributed by atoms with Crippen molar-refractivity contribution in [3.8, 4) is 11.6 Å². The number of rotatable bonds is 4. The Kier molecular flexibility index (Phi) is 3.46. The molecule has 0 fully saturated rings. The summed E-state index contributed by atoms with van der Waals surface area (Å²) in [4.78, 5) is 7.97. The molecule has 0 atom stereocenters. The molecule has 4 heteroatoms. The first-order chi connectivity index (χ1) is 7.88. The molecule has 1 aromatic carbocycles. The maximum atomic E-state index is 5.52. The van der Waals surface area contributed by atoms with Gasteiger partial charge in [0.2, 0.25) is 5.88 Å². The van der Waals surface area contributed by atoms with Gasteiger partial charge in [0.15, 0.2) is 0 Å². The minimum absolute atomic E-state index is 0.504. The number of nitrogens with zero attached hydrogens (tertiary/aromatic N) is 2. The molecule has 1 heterocycles. The number of hydrogen-bond donors (Lipinski definition) is 1. The molecule has 0 aliphatic rings. The molecule has 0 aliphatic heterocycles. The van der Waals surface area contributed by atoms with Gasteiger partial charge in [0.25, 0.3) is 0 Å². The highest BCUT2D eigenvalue weighted by Crippen LogP contribution is 2.18. The number of ether oxygens (including phenoxy) is 1. The van der Waals surface area contributed by atoms with Crippen LogP contribution in [-0.2, 0) is 6.54 Å². The van der Waals surface area contributed by atoms with Crippen molar-refractivity contribution in [3.63, 3.8) is 0 Å². The summed E-state index contributed by atoms with van der Waals surface area (Å²) in [7, 11) is 1.92. The standard InChI is InChI=1S/C12H13N3O/c1-13-8-10-2-4-11(5-3-10)16-12-9-14-6-7-15-12/h2-7,9,13H,8H2,1H3. The summed E-state index contributed by atoms with van der Waals surface area (Å²) in [5.74, 6) is 1.27. The molecule has 4 nitrogen and oxygen atoms in total. The molecule has 0 radical (unpaired) electrons. The highest BCUT2D eigenvalue weighted by atomic mass is 16.5. The van der Waals surface area contributed by atoms with E-state index in [1.54, 1.807) is 18.6 Å². The zero-order chi connectivity index (χ0) is 11.2. The molecule has 0 spiro atoms. The van der Waals surface area contributed by atoms with Crippen molar-refractivity contribution in [1.29, 1.82) is 0 Å². The van der Waals surface area contributed by atoms with Gasteiger partial charge in [0.05, 0.1) is 6.20 Å². The Bertz CT molecular complexity index is 428. The second-order valence-corrected chi connectivity index (χ2v) is 3.32. The van der Waals surface area contributed by atoms with E-state index >= 15 is 0 Å². The van der Waals surface area contributed by atoms with E-state index in [2.05, 4.69) is 15.3 Å². The normalized spacial score (nSPS) is 10.1. The van der Waals surface area contributed by atoms with Crippen molar-refractivity contribution in [1.82, 2.24) is 15.3 Å². The zero-order valence-corrected chi connectivity index (χ0v) is 9.05. The Morgan fingerprint density at radius 2 is 2.00 bits per heavy atom. The summed E-state index contributed by atoms with van der Waals surface area (Å²) in [6.07, 6.45) is 4.80. The average molecular weight is 215 g/mol. The van der Waals surface area contributed by atoms with Crippen molar-refractivity contribution in [2.24, 2.45) is 0 Å². The fourth-order valence-electron chi connectivity index (χ4n) is 1.34. The van der Waals surface area contributed by atoms with Gasteiger partial charge in [-0.2, -0.15) is 0 Å². The lowest BCUT2D eigenvalue weighted by molar-refractivity contribution is 0.460. The van der Waals surface area contributed by atoms with Crippen LogP contribution >= 0.6 is 0 Å². The molecule has 82 valence electrons. The third-order valence-electron chi connectivity index (χ3n) is 2.07. The quantitative estimate of drug-likeness (QED) is 0.847. The van der Waals surface area contributed by atoms with Gasteiger partial charge in [-0.1, -0.05) is 12.1 Å². The van der Waals surface area contributed by atoms with Crippen molar-refractivity contribution in [2.45, 2.75) is 6.54 Å². The van der Waals surface area contributed by atoms with Gasteiger partial charge in [0.1, 0.15) is 5.75 Å². The van der Waals surface area contributed by atoms with Crippen molar-refractivity contribution in [2.75, 3.05) is 7.05 Å². The second kappa shape index (κ2) is 5.23. The van der Waals surface area contributed by atoms with Gasteiger partial charge >= 0.3 is 0 Å². The van der Waals surface area contributed by atoms with Crippen LogP contribution in [-0.4, -0.2) is 17.0 Å². The molecular formula is C12H13N3O. The Balaban J connectivity index is 2.05. The van der Waals surface area contributed by atoms with Crippen LogP contribution in [0.2, 0.25) is 0 Å². The van der Waals surface area contributed by atoms with Crippen LogP contribution in [0.25, 0.3) is 0 Å². The summed E-state index contributed by atoms with van der Waals surface area (Å²) in [6.45, 7) is 0.853. The fraction of sp³-hybridized carbons (Fsp3) is 0.167. The van der Waals surface area contributed by atoms with E-state index in [1.165, 1.54) is 5.56 Å². The van der Waals surface area contributed by atoms with Crippen LogP contribution in [0.15, 0.2) is 42.9 Å². The third kappa shape index (κ3) is 2.77. The van der Waals surface area contributed by atoms with Crippen LogP contribution in [0.5, 0.6) is 11.6 Å². The molecule has 0 aliphatic carbocycles. The summed E-state index contributed by atoms with van der Waals surface area (Å²) >= 11 is 0. The van der Waals surface area contributed by atoms with Gasteiger partial charge in [-0.05, 0) is 24.7 Å². The zero-order valence-electron chi connectivity index (χ0n) is 9.05. The molecule has 0 saturated carbocycles. The Morgan fingerprint density at radius 3 is 2.62 bits per heavy atom. The van der Waals surface area contributed by atoms with E-state index < -0.39 is 0 Å². The SMILES string of the molecule is CNCc1ccc(Oc2cnccn2)cc1. The van der Waals surface area contributed by atoms with Crippen molar-refractivity contribution >= 4 is 0 Å². The second-order valence-electron chi connectivity index (χ2n) is 3.32. The topological polar surface area (TPSA) is 47.0 Å². The Morgan fingerprint density at radius 1 is 1.19 bits per heavy atom. The third-order valence-corrected chi connectivity index (χ3v) is 2.07. The van der Waals surface area contributed by atoms with E-state index in [9.17, 15) is 0 Å². The first-order valence-corrected chi connectivity index (χ1v) is 5.06. The summed E-state index contributed by atoms with van der Waals surface area (Å²) in [5, 5.41) is 3.09. The first-order valence-electron chi connectivity index (χ1n) is 5.06. The van der Waals surface area contributed by atoms with Crippen molar-refractivity contribution in [3.05, 3.63) is 48.4 Å². The van der Waals surface area contributed by atoms with Gasteiger partial charge < -0.3 is 10.1 Å². The molecule has 0 bridgehead atoms. The summed E-state index contributed by atoms with van der Waals surface area (Å²) in [5.41, 5.74) is 1.22. The molecule has 0 saturated heterocycles. The Labute approximate surface area is 94.3 Å². The van der Waals surface area contributed by atoms with E-state index in [-0.39, 0.29) is 0 Å². The van der Waals surface area contributed by atoms with Gasteiger partial charge in [-0.3, -0.25) is 4.98 Å². The van der Waals surface area contributed by atoms with E-state index in [0.717, 1.165) is 12.3 Å². The van der Waals surface area contributed by atoms with Crippen LogP contribution in [0.1, 0.15) is 5.56 Å². The highest BCUT2D eigenvalue weighted by molar-refractivity contribution is 5.29. The molecule has 16 heavy (non-hydrogen) atoms. The minimum atomic E-state index is 0.504. The van der Waals surface area contributed by atoms with Crippen LogP contribution in [0, 0.1) is 0 Å². The first kappa shape index (κ1) is 10.6. The maximum Gasteiger partial charge on any atom is 0.237 e. The lowest BCUT2D eigenvalue weighted by atomic mass is 10.2. The number of aromatic nitrogens is 2.